The number of nitrogens with zero attached hydrogens (tertiary/aromatic N) is 1. The maximum absolute atomic E-state index is 12.1. The second-order valence-electron chi connectivity index (χ2n) is 3.90. The molecule has 2 N–H and O–H groups in total. The molecule has 0 unspecified atom stereocenters. The van der Waals surface area contributed by atoms with Gasteiger partial charge in [-0.3, -0.25) is 9.36 Å². The number of nitrogens with two attached hydrogens (primary N) is 1. The van der Waals surface area contributed by atoms with Gasteiger partial charge in [-0.05, 0) is 46.6 Å². The summed E-state index contributed by atoms with van der Waals surface area (Å²) in [6.45, 7) is 2.24. The number of aryl methyl sites for hydroxylation is 1. The molecule has 0 saturated carbocycles. The highest BCUT2D eigenvalue weighted by Crippen LogP contribution is 2.13. The number of benzene rings is 1. The van der Waals surface area contributed by atoms with Gasteiger partial charge in [0, 0.05) is 28.5 Å². The van der Waals surface area contributed by atoms with Crippen LogP contribution in [0.25, 0.3) is 5.69 Å². The molecule has 0 atom stereocenters. The molecular formula is C13H13BrN2O. The van der Waals surface area contributed by atoms with Gasteiger partial charge in [0.05, 0.1) is 0 Å². The highest BCUT2D eigenvalue weighted by atomic mass is 79.9. The molecular weight excluding hydrogens is 280 g/mol. The van der Waals surface area contributed by atoms with Gasteiger partial charge in [0.2, 0.25) is 0 Å². The van der Waals surface area contributed by atoms with Crippen LogP contribution in [0.4, 0.5) is 0 Å². The van der Waals surface area contributed by atoms with Crippen molar-refractivity contribution in [1.29, 1.82) is 0 Å². The monoisotopic (exact) mass is 292 g/mol. The number of hydrogen-bond acceptors (Lipinski definition) is 2. The van der Waals surface area contributed by atoms with Crippen molar-refractivity contribution < 1.29 is 0 Å². The maximum atomic E-state index is 12.1. The Labute approximate surface area is 108 Å². The van der Waals surface area contributed by atoms with Crippen LogP contribution in [0.1, 0.15) is 11.1 Å². The van der Waals surface area contributed by atoms with E-state index in [4.69, 9.17) is 5.73 Å². The Kier molecular flexibility index (Phi) is 3.45. The Morgan fingerprint density at radius 2 is 2.12 bits per heavy atom. The molecule has 0 aliphatic rings. The summed E-state index contributed by atoms with van der Waals surface area (Å²) in [6, 6.07) is 9.56. The Balaban J connectivity index is 2.67. The van der Waals surface area contributed by atoms with Crippen LogP contribution in [-0.4, -0.2) is 4.57 Å². The third-order valence-corrected chi connectivity index (χ3v) is 2.99. The Hall–Kier alpha value is -1.39. The molecule has 1 aromatic heterocycles. The largest absolute Gasteiger partial charge is 0.326 e. The molecule has 2 rings (SSSR count). The summed E-state index contributed by atoms with van der Waals surface area (Å²) in [4.78, 5) is 12.1. The first-order valence-corrected chi connectivity index (χ1v) is 6.09. The van der Waals surface area contributed by atoms with Crippen LogP contribution in [0.3, 0.4) is 0 Å². The van der Waals surface area contributed by atoms with E-state index >= 15 is 0 Å². The van der Waals surface area contributed by atoms with Crippen LogP contribution in [-0.2, 0) is 6.54 Å². The van der Waals surface area contributed by atoms with Gasteiger partial charge >= 0.3 is 0 Å². The van der Waals surface area contributed by atoms with Crippen LogP contribution in [0.5, 0.6) is 0 Å². The van der Waals surface area contributed by atoms with Gasteiger partial charge < -0.3 is 5.73 Å². The second kappa shape index (κ2) is 4.85. The molecule has 0 fully saturated rings. The molecule has 0 bridgehead atoms. The van der Waals surface area contributed by atoms with Gasteiger partial charge in [-0.1, -0.05) is 12.1 Å². The molecule has 1 aromatic carbocycles. The predicted octanol–water partition coefficient (Wildman–Crippen LogP) is 2.37. The van der Waals surface area contributed by atoms with Crippen molar-refractivity contribution in [3.8, 4) is 5.69 Å². The summed E-state index contributed by atoms with van der Waals surface area (Å²) >= 11 is 3.39. The smallest absolute Gasteiger partial charge is 0.259 e. The number of pyridine rings is 1. The fourth-order valence-electron chi connectivity index (χ4n) is 1.72. The molecule has 0 amide bonds. The van der Waals surface area contributed by atoms with E-state index in [2.05, 4.69) is 15.9 Å². The molecule has 3 nitrogen and oxygen atoms in total. The van der Waals surface area contributed by atoms with Crippen LogP contribution in [0.2, 0.25) is 0 Å². The summed E-state index contributed by atoms with van der Waals surface area (Å²) in [5.74, 6) is 0. The van der Waals surface area contributed by atoms with E-state index in [0.717, 1.165) is 15.7 Å². The minimum atomic E-state index is -0.0682. The van der Waals surface area contributed by atoms with Gasteiger partial charge in [-0.2, -0.15) is 0 Å². The van der Waals surface area contributed by atoms with Gasteiger partial charge in [0.25, 0.3) is 5.56 Å². The summed E-state index contributed by atoms with van der Waals surface area (Å²) in [5, 5.41) is 0. The normalized spacial score (nSPS) is 10.5. The average Bonchev–Trinajstić information content (AvgIpc) is 2.31. The minimum Gasteiger partial charge on any atom is -0.326 e. The molecule has 0 radical (unpaired) electrons. The number of hydrogen-bond donors (Lipinski definition) is 1. The standard InChI is InChI=1S/C13H13BrN2O/c1-9-3-2-4-12(5-9)16-8-11(14)6-10(7-15)13(16)17/h2-6,8H,7,15H2,1H3. The van der Waals surface area contributed by atoms with Crippen molar-refractivity contribution in [2.45, 2.75) is 13.5 Å². The van der Waals surface area contributed by atoms with E-state index in [1.165, 1.54) is 0 Å². The number of rotatable bonds is 2. The van der Waals surface area contributed by atoms with E-state index in [-0.39, 0.29) is 12.1 Å². The lowest BCUT2D eigenvalue weighted by atomic mass is 10.2. The van der Waals surface area contributed by atoms with Crippen molar-refractivity contribution in [3.05, 3.63) is 62.5 Å². The molecule has 0 spiro atoms. The van der Waals surface area contributed by atoms with Crippen LogP contribution < -0.4 is 11.3 Å². The quantitative estimate of drug-likeness (QED) is 0.924. The molecule has 2 aromatic rings. The van der Waals surface area contributed by atoms with Crippen LogP contribution in [0, 0.1) is 6.92 Å². The average molecular weight is 293 g/mol. The fraction of sp³-hybridized carbons (Fsp3) is 0.154. The Morgan fingerprint density at radius 1 is 1.35 bits per heavy atom. The lowest BCUT2D eigenvalue weighted by Gasteiger charge is -2.09. The van der Waals surface area contributed by atoms with Gasteiger partial charge in [-0.15, -0.1) is 0 Å². The molecule has 88 valence electrons. The lowest BCUT2D eigenvalue weighted by molar-refractivity contribution is 0.918. The third kappa shape index (κ3) is 2.48. The van der Waals surface area contributed by atoms with Crippen molar-refractivity contribution in [1.82, 2.24) is 4.57 Å². The highest BCUT2D eigenvalue weighted by Gasteiger charge is 2.06. The summed E-state index contributed by atoms with van der Waals surface area (Å²) in [6.07, 6.45) is 1.76. The van der Waals surface area contributed by atoms with Crippen molar-refractivity contribution in [2.75, 3.05) is 0 Å². The number of halogens is 1. The fourth-order valence-corrected chi connectivity index (χ4v) is 2.20. The van der Waals surface area contributed by atoms with E-state index in [0.29, 0.717) is 5.56 Å². The van der Waals surface area contributed by atoms with E-state index in [9.17, 15) is 4.79 Å². The van der Waals surface area contributed by atoms with E-state index < -0.39 is 0 Å². The Bertz CT molecular complexity index is 605. The molecule has 4 heteroatoms. The van der Waals surface area contributed by atoms with Gasteiger partial charge in [-0.25, -0.2) is 0 Å². The van der Waals surface area contributed by atoms with E-state index in [1.54, 1.807) is 16.8 Å². The molecule has 0 aliphatic heterocycles. The van der Waals surface area contributed by atoms with Crippen molar-refractivity contribution >= 4 is 15.9 Å². The molecule has 1 heterocycles. The maximum Gasteiger partial charge on any atom is 0.259 e. The number of aromatic nitrogens is 1. The third-order valence-electron chi connectivity index (χ3n) is 2.56. The lowest BCUT2D eigenvalue weighted by Crippen LogP contribution is -2.23. The van der Waals surface area contributed by atoms with Gasteiger partial charge in [0.1, 0.15) is 0 Å². The van der Waals surface area contributed by atoms with Gasteiger partial charge in [0.15, 0.2) is 0 Å². The molecule has 0 aliphatic carbocycles. The topological polar surface area (TPSA) is 48.0 Å². The summed E-state index contributed by atoms with van der Waals surface area (Å²) in [5.41, 5.74) is 8.06. The first kappa shape index (κ1) is 12.1. The van der Waals surface area contributed by atoms with Crippen LogP contribution in [0.15, 0.2) is 45.8 Å². The minimum absolute atomic E-state index is 0.0682. The first-order chi connectivity index (χ1) is 8.11. The Morgan fingerprint density at radius 3 is 2.76 bits per heavy atom. The first-order valence-electron chi connectivity index (χ1n) is 5.30. The zero-order chi connectivity index (χ0) is 12.4. The molecule has 17 heavy (non-hydrogen) atoms. The highest BCUT2D eigenvalue weighted by molar-refractivity contribution is 9.10. The second-order valence-corrected chi connectivity index (χ2v) is 4.82. The predicted molar refractivity (Wildman–Crippen MR) is 72.4 cm³/mol. The summed E-state index contributed by atoms with van der Waals surface area (Å²) in [7, 11) is 0. The van der Waals surface area contributed by atoms with Crippen molar-refractivity contribution in [2.24, 2.45) is 5.73 Å². The van der Waals surface area contributed by atoms with E-state index in [1.807, 2.05) is 31.2 Å². The summed E-state index contributed by atoms with van der Waals surface area (Å²) < 4.78 is 2.46. The zero-order valence-electron chi connectivity index (χ0n) is 9.48. The van der Waals surface area contributed by atoms with Crippen LogP contribution >= 0.6 is 15.9 Å². The molecule has 0 saturated heterocycles. The SMILES string of the molecule is Cc1cccc(-n2cc(Br)cc(CN)c2=O)c1. The van der Waals surface area contributed by atoms with Crippen molar-refractivity contribution in [3.63, 3.8) is 0 Å². The zero-order valence-corrected chi connectivity index (χ0v) is 11.1.